The molecule has 0 aliphatic rings. The van der Waals surface area contributed by atoms with Crippen LogP contribution in [0.4, 0.5) is 0 Å². The molecule has 0 radical (unpaired) electrons. The van der Waals surface area contributed by atoms with Crippen LogP contribution >= 0.6 is 11.3 Å². The van der Waals surface area contributed by atoms with E-state index in [0.29, 0.717) is 18.1 Å². The summed E-state index contributed by atoms with van der Waals surface area (Å²) in [6.07, 6.45) is 1.66. The second-order valence-electron chi connectivity index (χ2n) is 2.99. The van der Waals surface area contributed by atoms with Crippen molar-refractivity contribution in [2.75, 3.05) is 0 Å². The van der Waals surface area contributed by atoms with E-state index in [-0.39, 0.29) is 6.61 Å². The van der Waals surface area contributed by atoms with Crippen molar-refractivity contribution in [3.63, 3.8) is 0 Å². The summed E-state index contributed by atoms with van der Waals surface area (Å²) < 4.78 is 5.51. The van der Waals surface area contributed by atoms with Gasteiger partial charge in [0.25, 0.3) is 0 Å². The molecule has 0 spiro atoms. The quantitative estimate of drug-likeness (QED) is 0.860. The molecule has 0 amide bonds. The number of pyridine rings is 1. The molecule has 78 valence electrons. The van der Waals surface area contributed by atoms with Crippen molar-refractivity contribution in [3.8, 4) is 5.88 Å². The second-order valence-corrected chi connectivity index (χ2v) is 4.03. The maximum absolute atomic E-state index is 9.06. The number of hydrogen-bond acceptors (Lipinski definition) is 4. The van der Waals surface area contributed by atoms with Crippen molar-refractivity contribution in [3.05, 3.63) is 46.3 Å². The Labute approximate surface area is 92.0 Å². The molecule has 0 bridgehead atoms. The molecule has 2 aromatic rings. The van der Waals surface area contributed by atoms with Crippen LogP contribution in [0.15, 0.2) is 35.8 Å². The first kappa shape index (κ1) is 10.1. The molecule has 2 heterocycles. The highest BCUT2D eigenvalue weighted by Crippen LogP contribution is 2.17. The topological polar surface area (TPSA) is 42.4 Å². The van der Waals surface area contributed by atoms with Gasteiger partial charge in [-0.15, -0.1) is 11.3 Å². The summed E-state index contributed by atoms with van der Waals surface area (Å²) in [4.78, 5) is 5.21. The van der Waals surface area contributed by atoms with Crippen molar-refractivity contribution < 1.29 is 9.84 Å². The molecule has 0 aromatic carbocycles. The maximum Gasteiger partial charge on any atom is 0.219 e. The van der Waals surface area contributed by atoms with Crippen LogP contribution in [-0.4, -0.2) is 10.1 Å². The van der Waals surface area contributed by atoms with E-state index in [1.165, 1.54) is 0 Å². The fourth-order valence-electron chi connectivity index (χ4n) is 1.21. The number of thiophene rings is 1. The number of aromatic nitrogens is 1. The standard InChI is InChI=1S/C11H11NO2S/c13-7-9-3-1-5-12-11(9)14-8-10-4-2-6-15-10/h1-6,13H,7-8H2. The lowest BCUT2D eigenvalue weighted by Crippen LogP contribution is -1.99. The summed E-state index contributed by atoms with van der Waals surface area (Å²) in [5.41, 5.74) is 0.717. The van der Waals surface area contributed by atoms with Crippen molar-refractivity contribution in [1.29, 1.82) is 0 Å². The molecule has 3 nitrogen and oxygen atoms in total. The summed E-state index contributed by atoms with van der Waals surface area (Å²) in [7, 11) is 0. The molecular weight excluding hydrogens is 210 g/mol. The van der Waals surface area contributed by atoms with Crippen LogP contribution in [0.1, 0.15) is 10.4 Å². The normalized spacial score (nSPS) is 10.2. The van der Waals surface area contributed by atoms with Gasteiger partial charge in [-0.25, -0.2) is 4.98 Å². The first-order valence-electron chi connectivity index (χ1n) is 4.60. The minimum absolute atomic E-state index is 0.0480. The van der Waals surface area contributed by atoms with Gasteiger partial charge in [0.2, 0.25) is 5.88 Å². The fourth-order valence-corrected chi connectivity index (χ4v) is 1.82. The average molecular weight is 221 g/mol. The fraction of sp³-hybridized carbons (Fsp3) is 0.182. The van der Waals surface area contributed by atoms with Gasteiger partial charge in [0, 0.05) is 16.6 Å². The number of aliphatic hydroxyl groups is 1. The van der Waals surface area contributed by atoms with Crippen molar-refractivity contribution in [1.82, 2.24) is 4.98 Å². The zero-order chi connectivity index (χ0) is 10.5. The number of aliphatic hydroxyl groups excluding tert-OH is 1. The molecule has 0 saturated carbocycles. The number of nitrogens with zero attached hydrogens (tertiary/aromatic N) is 1. The molecular formula is C11H11NO2S. The molecule has 15 heavy (non-hydrogen) atoms. The third kappa shape index (κ3) is 2.55. The van der Waals surface area contributed by atoms with Gasteiger partial charge in [-0.05, 0) is 23.6 Å². The predicted molar refractivity (Wildman–Crippen MR) is 58.8 cm³/mol. The van der Waals surface area contributed by atoms with E-state index < -0.39 is 0 Å². The van der Waals surface area contributed by atoms with Gasteiger partial charge in [-0.2, -0.15) is 0 Å². The monoisotopic (exact) mass is 221 g/mol. The minimum atomic E-state index is -0.0480. The number of rotatable bonds is 4. The van der Waals surface area contributed by atoms with Crippen LogP contribution in [0.5, 0.6) is 5.88 Å². The van der Waals surface area contributed by atoms with Gasteiger partial charge >= 0.3 is 0 Å². The first-order valence-corrected chi connectivity index (χ1v) is 5.48. The van der Waals surface area contributed by atoms with Gasteiger partial charge < -0.3 is 9.84 Å². The Bertz CT molecular complexity index is 414. The smallest absolute Gasteiger partial charge is 0.219 e. The molecule has 2 aromatic heterocycles. The van der Waals surface area contributed by atoms with Crippen molar-refractivity contribution >= 4 is 11.3 Å². The summed E-state index contributed by atoms with van der Waals surface area (Å²) in [6.45, 7) is 0.454. The van der Waals surface area contributed by atoms with E-state index in [9.17, 15) is 0 Å². The van der Waals surface area contributed by atoms with E-state index in [2.05, 4.69) is 4.98 Å². The van der Waals surface area contributed by atoms with Gasteiger partial charge in [-0.3, -0.25) is 0 Å². The van der Waals surface area contributed by atoms with Crippen LogP contribution in [0.25, 0.3) is 0 Å². The highest BCUT2D eigenvalue weighted by Gasteiger charge is 2.03. The van der Waals surface area contributed by atoms with E-state index >= 15 is 0 Å². The van der Waals surface area contributed by atoms with Crippen molar-refractivity contribution in [2.45, 2.75) is 13.2 Å². The van der Waals surface area contributed by atoms with Gasteiger partial charge in [0.15, 0.2) is 0 Å². The average Bonchev–Trinajstić information content (AvgIpc) is 2.79. The summed E-state index contributed by atoms with van der Waals surface area (Å²) in [5.74, 6) is 0.508. The molecule has 0 atom stereocenters. The summed E-state index contributed by atoms with van der Waals surface area (Å²) >= 11 is 1.64. The zero-order valence-corrected chi connectivity index (χ0v) is 8.91. The molecule has 4 heteroatoms. The largest absolute Gasteiger partial charge is 0.472 e. The second kappa shape index (κ2) is 4.91. The molecule has 1 N–H and O–H groups in total. The van der Waals surface area contributed by atoms with E-state index in [0.717, 1.165) is 4.88 Å². The molecule has 0 aliphatic carbocycles. The van der Waals surface area contributed by atoms with Crippen molar-refractivity contribution in [2.24, 2.45) is 0 Å². The van der Waals surface area contributed by atoms with E-state index in [4.69, 9.17) is 9.84 Å². The third-order valence-electron chi connectivity index (χ3n) is 1.95. The maximum atomic E-state index is 9.06. The SMILES string of the molecule is OCc1cccnc1OCc1cccs1. The van der Waals surface area contributed by atoms with Crippen LogP contribution in [0, 0.1) is 0 Å². The Morgan fingerprint density at radius 2 is 2.27 bits per heavy atom. The molecule has 0 fully saturated rings. The highest BCUT2D eigenvalue weighted by molar-refractivity contribution is 7.09. The molecule has 0 aliphatic heterocycles. The van der Waals surface area contributed by atoms with Crippen LogP contribution in [0.3, 0.4) is 0 Å². The van der Waals surface area contributed by atoms with Gasteiger partial charge in [0.1, 0.15) is 6.61 Å². The number of ether oxygens (including phenoxy) is 1. The first-order chi connectivity index (χ1) is 7.40. The van der Waals surface area contributed by atoms with Gasteiger partial charge in [-0.1, -0.05) is 6.07 Å². The lowest BCUT2D eigenvalue weighted by atomic mass is 10.3. The Morgan fingerprint density at radius 3 is 3.00 bits per heavy atom. The lowest BCUT2D eigenvalue weighted by Gasteiger charge is -2.06. The summed E-state index contributed by atoms with van der Waals surface area (Å²) in [6, 6.07) is 7.57. The van der Waals surface area contributed by atoms with E-state index in [1.807, 2.05) is 17.5 Å². The summed E-state index contributed by atoms with van der Waals surface area (Å²) in [5, 5.41) is 11.1. The Kier molecular flexibility index (Phi) is 3.32. The van der Waals surface area contributed by atoms with Crippen LogP contribution < -0.4 is 4.74 Å². The highest BCUT2D eigenvalue weighted by atomic mass is 32.1. The lowest BCUT2D eigenvalue weighted by molar-refractivity contribution is 0.254. The number of hydrogen-bond donors (Lipinski definition) is 1. The zero-order valence-electron chi connectivity index (χ0n) is 8.09. The molecule has 0 unspecified atom stereocenters. The molecule has 0 saturated heterocycles. The minimum Gasteiger partial charge on any atom is -0.472 e. The third-order valence-corrected chi connectivity index (χ3v) is 2.80. The van der Waals surface area contributed by atoms with Crippen LogP contribution in [0.2, 0.25) is 0 Å². The molecule has 2 rings (SSSR count). The Hall–Kier alpha value is -1.39. The Balaban J connectivity index is 2.04. The van der Waals surface area contributed by atoms with Gasteiger partial charge in [0.05, 0.1) is 6.61 Å². The van der Waals surface area contributed by atoms with E-state index in [1.54, 1.807) is 29.7 Å². The van der Waals surface area contributed by atoms with Crippen LogP contribution in [-0.2, 0) is 13.2 Å². The predicted octanol–water partition coefficient (Wildman–Crippen LogP) is 2.21. The Morgan fingerprint density at radius 1 is 1.33 bits per heavy atom.